The highest BCUT2D eigenvalue weighted by atomic mass is 35.5. The summed E-state index contributed by atoms with van der Waals surface area (Å²) in [5.41, 5.74) is 13.1. The zero-order chi connectivity index (χ0) is 21.7. The minimum absolute atomic E-state index is 0.333. The van der Waals surface area contributed by atoms with Crippen LogP contribution in [-0.4, -0.2) is 18.8 Å². The molecule has 158 valence electrons. The summed E-state index contributed by atoms with van der Waals surface area (Å²) in [7, 11) is 1.60. The predicted octanol–water partition coefficient (Wildman–Crippen LogP) is 6.01. The van der Waals surface area contributed by atoms with E-state index in [-0.39, 0.29) is 0 Å². The van der Waals surface area contributed by atoms with Gasteiger partial charge in [0, 0.05) is 17.1 Å². The first-order chi connectivity index (χ1) is 14.4. The van der Waals surface area contributed by atoms with Crippen LogP contribution in [-0.2, 0) is 17.7 Å². The summed E-state index contributed by atoms with van der Waals surface area (Å²) in [5.74, 6) is 0.637. The number of nitrogens with zero attached hydrogens (tertiary/aromatic N) is 2. The first-order valence-corrected chi connectivity index (χ1v) is 10.8. The van der Waals surface area contributed by atoms with Crippen molar-refractivity contribution in [3.8, 4) is 0 Å². The van der Waals surface area contributed by atoms with Crippen molar-refractivity contribution in [3.63, 3.8) is 0 Å². The molecular formula is C25H30ClN3O. The van der Waals surface area contributed by atoms with Gasteiger partial charge in [-0.15, -0.1) is 0 Å². The number of amidine groups is 1. The molecular weight excluding hydrogens is 394 g/mol. The minimum Gasteiger partial charge on any atom is -0.467 e. The Morgan fingerprint density at radius 2 is 1.73 bits per heavy atom. The molecule has 30 heavy (non-hydrogen) atoms. The molecule has 1 aliphatic rings. The van der Waals surface area contributed by atoms with Gasteiger partial charge in [0.05, 0.1) is 18.5 Å². The molecule has 3 rings (SSSR count). The Labute approximate surface area is 184 Å². The third-order valence-electron chi connectivity index (χ3n) is 5.21. The fourth-order valence-corrected chi connectivity index (χ4v) is 3.79. The Bertz CT molecular complexity index is 988. The summed E-state index contributed by atoms with van der Waals surface area (Å²) in [5, 5.41) is 0.645. The van der Waals surface area contributed by atoms with E-state index in [4.69, 9.17) is 32.1 Å². The Morgan fingerprint density at radius 1 is 1.03 bits per heavy atom. The first kappa shape index (κ1) is 22.3. The van der Waals surface area contributed by atoms with Crippen LogP contribution >= 0.6 is 11.6 Å². The SMILES string of the molecule is COC1=N/C(c2cc(CN)ccc2Cl)=C(/C)CC/C(c2ccc(CC(C)C)cc2)=N\1. The van der Waals surface area contributed by atoms with Gasteiger partial charge in [0.15, 0.2) is 0 Å². The molecule has 1 heterocycles. The highest BCUT2D eigenvalue weighted by Gasteiger charge is 2.17. The zero-order valence-corrected chi connectivity index (χ0v) is 19.0. The van der Waals surface area contributed by atoms with Gasteiger partial charge < -0.3 is 10.5 Å². The summed E-state index contributed by atoms with van der Waals surface area (Å²) in [4.78, 5) is 9.48. The van der Waals surface area contributed by atoms with Crippen molar-refractivity contribution >= 4 is 29.0 Å². The van der Waals surface area contributed by atoms with E-state index in [9.17, 15) is 0 Å². The van der Waals surface area contributed by atoms with Gasteiger partial charge in [0.2, 0.25) is 0 Å². The number of methoxy groups -OCH3 is 1. The maximum atomic E-state index is 6.49. The van der Waals surface area contributed by atoms with E-state index in [1.54, 1.807) is 7.11 Å². The highest BCUT2D eigenvalue weighted by Crippen LogP contribution is 2.32. The lowest BCUT2D eigenvalue weighted by Crippen LogP contribution is -2.11. The van der Waals surface area contributed by atoms with Crippen LogP contribution in [0.2, 0.25) is 5.02 Å². The zero-order valence-electron chi connectivity index (χ0n) is 18.2. The summed E-state index contributed by atoms with van der Waals surface area (Å²) < 4.78 is 5.51. The molecule has 4 nitrogen and oxygen atoms in total. The number of aliphatic imine (C=N–C) groups is 2. The molecule has 5 heteroatoms. The van der Waals surface area contributed by atoms with Gasteiger partial charge in [0.25, 0.3) is 0 Å². The first-order valence-electron chi connectivity index (χ1n) is 10.4. The molecule has 2 N–H and O–H groups in total. The van der Waals surface area contributed by atoms with Crippen molar-refractivity contribution in [3.05, 3.63) is 75.3 Å². The van der Waals surface area contributed by atoms with Crippen molar-refractivity contribution in [1.29, 1.82) is 0 Å². The monoisotopic (exact) mass is 423 g/mol. The van der Waals surface area contributed by atoms with E-state index in [0.717, 1.165) is 52.9 Å². The fourth-order valence-electron chi connectivity index (χ4n) is 3.59. The van der Waals surface area contributed by atoms with Crippen LogP contribution < -0.4 is 5.73 Å². The summed E-state index contributed by atoms with van der Waals surface area (Å²) >= 11 is 6.49. The number of ether oxygens (including phenoxy) is 1. The molecule has 0 radical (unpaired) electrons. The van der Waals surface area contributed by atoms with Crippen molar-refractivity contribution in [1.82, 2.24) is 0 Å². The van der Waals surface area contributed by atoms with Crippen molar-refractivity contribution in [2.75, 3.05) is 7.11 Å². The van der Waals surface area contributed by atoms with Crippen LogP contribution in [0.15, 0.2) is 58.0 Å². The molecule has 0 aromatic heterocycles. The molecule has 2 aromatic carbocycles. The van der Waals surface area contributed by atoms with Crippen LogP contribution in [0.25, 0.3) is 5.70 Å². The lowest BCUT2D eigenvalue weighted by atomic mass is 9.96. The highest BCUT2D eigenvalue weighted by molar-refractivity contribution is 6.32. The van der Waals surface area contributed by atoms with Crippen LogP contribution in [0.3, 0.4) is 0 Å². The average molecular weight is 424 g/mol. The van der Waals surface area contributed by atoms with Gasteiger partial charge in [-0.3, -0.25) is 0 Å². The number of rotatable bonds is 5. The van der Waals surface area contributed by atoms with E-state index in [1.807, 2.05) is 18.2 Å². The third kappa shape index (κ3) is 5.38. The number of benzene rings is 2. The van der Waals surface area contributed by atoms with Crippen molar-refractivity contribution in [2.45, 2.75) is 46.6 Å². The topological polar surface area (TPSA) is 60.0 Å². The van der Waals surface area contributed by atoms with Gasteiger partial charge in [-0.1, -0.05) is 55.8 Å². The molecule has 0 aliphatic carbocycles. The van der Waals surface area contributed by atoms with Crippen LogP contribution in [0.4, 0.5) is 0 Å². The van der Waals surface area contributed by atoms with Gasteiger partial charge in [-0.2, -0.15) is 9.98 Å². The minimum atomic E-state index is 0.333. The van der Waals surface area contributed by atoms with Crippen molar-refractivity contribution < 1.29 is 4.74 Å². The van der Waals surface area contributed by atoms with E-state index in [1.165, 1.54) is 5.56 Å². The van der Waals surface area contributed by atoms with Gasteiger partial charge in [0.1, 0.15) is 0 Å². The Kier molecular flexibility index (Phi) is 7.46. The molecule has 2 aromatic rings. The molecule has 0 unspecified atom stereocenters. The third-order valence-corrected chi connectivity index (χ3v) is 5.54. The molecule has 0 saturated carbocycles. The van der Waals surface area contributed by atoms with Gasteiger partial charge >= 0.3 is 6.02 Å². The predicted molar refractivity (Wildman–Crippen MR) is 127 cm³/mol. The molecule has 0 atom stereocenters. The molecule has 0 spiro atoms. The largest absolute Gasteiger partial charge is 0.467 e. The Morgan fingerprint density at radius 3 is 2.37 bits per heavy atom. The van der Waals surface area contributed by atoms with E-state index < -0.39 is 0 Å². The Balaban J connectivity index is 1.97. The van der Waals surface area contributed by atoms with Gasteiger partial charge in [-0.05, 0) is 66.5 Å². The fraction of sp³-hybridized carbons (Fsp3) is 0.360. The van der Waals surface area contributed by atoms with Gasteiger partial charge in [-0.25, -0.2) is 0 Å². The number of halogens is 1. The second-order valence-electron chi connectivity index (χ2n) is 8.10. The summed E-state index contributed by atoms with van der Waals surface area (Å²) in [6.07, 6.45) is 2.71. The molecule has 0 amide bonds. The molecule has 1 aliphatic heterocycles. The normalized spacial score (nSPS) is 20.8. The van der Waals surface area contributed by atoms with Crippen LogP contribution in [0.1, 0.15) is 55.9 Å². The van der Waals surface area contributed by atoms with Crippen LogP contribution in [0.5, 0.6) is 0 Å². The van der Waals surface area contributed by atoms with E-state index >= 15 is 0 Å². The van der Waals surface area contributed by atoms with Crippen LogP contribution in [0, 0.1) is 5.92 Å². The quantitative estimate of drug-likeness (QED) is 0.639. The number of allylic oxidation sites excluding steroid dienone is 1. The Hall–Kier alpha value is -2.43. The smallest absolute Gasteiger partial charge is 0.316 e. The lowest BCUT2D eigenvalue weighted by molar-refractivity contribution is 0.397. The van der Waals surface area contributed by atoms with E-state index in [0.29, 0.717) is 23.5 Å². The lowest BCUT2D eigenvalue weighted by Gasteiger charge is -2.16. The molecule has 0 fully saturated rings. The number of hydrogen-bond donors (Lipinski definition) is 1. The number of nitrogens with two attached hydrogens (primary N) is 1. The second-order valence-corrected chi connectivity index (χ2v) is 8.51. The standard InChI is InChI=1S/C25H30ClN3O/c1-16(2)13-18-6-9-20(10-7-18)23-12-5-17(3)24(29-25(28-23)30-4)21-14-19(15-27)8-11-22(21)26/h6-11,14,16H,5,12-13,15,27H2,1-4H3/b24-17-,28-23+,29-25+. The molecule has 0 bridgehead atoms. The summed E-state index contributed by atoms with van der Waals surface area (Å²) in [6, 6.07) is 14.8. The second kappa shape index (κ2) is 10.1. The maximum absolute atomic E-state index is 6.49. The number of hydrogen-bond acceptors (Lipinski definition) is 4. The average Bonchev–Trinajstić information content (AvgIpc) is 2.72. The molecule has 0 saturated heterocycles. The van der Waals surface area contributed by atoms with E-state index in [2.05, 4.69) is 45.0 Å². The summed E-state index contributed by atoms with van der Waals surface area (Å²) in [6.45, 7) is 7.01. The maximum Gasteiger partial charge on any atom is 0.316 e. The van der Waals surface area contributed by atoms with Crippen molar-refractivity contribution in [2.24, 2.45) is 21.6 Å².